The number of carbonyl (C=O) groups excluding carboxylic acids is 3. The number of pyridine rings is 1. The Hall–Kier alpha value is -2.87. The maximum atomic E-state index is 12.0. The Morgan fingerprint density at radius 2 is 1.94 bits per heavy atom. The molecule has 1 aromatic carbocycles. The fraction of sp³-hybridized carbons (Fsp3) is 0.391. The molecule has 2 amide bonds. The molecule has 1 aliphatic heterocycles. The Morgan fingerprint density at radius 1 is 1.19 bits per heavy atom. The van der Waals surface area contributed by atoms with E-state index in [1.54, 1.807) is 20.0 Å². The Kier molecular flexibility index (Phi) is 7.33. The van der Waals surface area contributed by atoms with Crippen LogP contribution < -0.4 is 10.1 Å². The predicted octanol–water partition coefficient (Wildman–Crippen LogP) is 4.00. The first kappa shape index (κ1) is 22.8. The van der Waals surface area contributed by atoms with Crippen LogP contribution in [0.4, 0.5) is 4.79 Å². The number of esters is 1. The molecule has 0 saturated carbocycles. The Balaban J connectivity index is 1.47. The smallest absolute Gasteiger partial charge is 0.306 e. The summed E-state index contributed by atoms with van der Waals surface area (Å²) in [5, 5.41) is 2.03. The quantitative estimate of drug-likeness (QED) is 0.587. The van der Waals surface area contributed by atoms with Crippen molar-refractivity contribution in [3.05, 3.63) is 59.4 Å². The lowest BCUT2D eigenvalue weighted by molar-refractivity contribution is -0.148. The zero-order valence-electron chi connectivity index (χ0n) is 17.8. The number of amides is 2. The lowest BCUT2D eigenvalue weighted by Crippen LogP contribution is -2.35. The second-order valence-corrected chi connectivity index (χ2v) is 9.04. The number of rotatable bonds is 9. The molecule has 1 N–H and O–H groups in total. The van der Waals surface area contributed by atoms with Gasteiger partial charge in [-0.25, -0.2) is 0 Å². The fourth-order valence-electron chi connectivity index (χ4n) is 3.16. The topological polar surface area (TPSA) is 94.6 Å². The molecular formula is C23H26N2O5S. The third-order valence-corrected chi connectivity index (χ3v) is 6.09. The number of ether oxygens (including phenoxy) is 2. The lowest BCUT2D eigenvalue weighted by Gasteiger charge is -2.18. The molecule has 0 aliphatic carbocycles. The van der Waals surface area contributed by atoms with Crippen molar-refractivity contribution < 1.29 is 23.9 Å². The molecule has 0 radical (unpaired) electrons. The third kappa shape index (κ3) is 6.07. The molecule has 3 rings (SSSR count). The molecule has 1 unspecified atom stereocenters. The van der Waals surface area contributed by atoms with Crippen LogP contribution in [0.2, 0.25) is 0 Å². The first-order chi connectivity index (χ1) is 14.8. The molecule has 164 valence electrons. The van der Waals surface area contributed by atoms with Crippen LogP contribution in [0.5, 0.6) is 5.75 Å². The highest BCUT2D eigenvalue weighted by atomic mass is 32.2. The normalized spacial score (nSPS) is 19.1. The summed E-state index contributed by atoms with van der Waals surface area (Å²) < 4.78 is 10.3. The maximum absolute atomic E-state index is 12.0. The molecule has 31 heavy (non-hydrogen) atoms. The highest BCUT2D eigenvalue weighted by Crippen LogP contribution is 2.34. The summed E-state index contributed by atoms with van der Waals surface area (Å²) in [6.45, 7) is 5.83. The molecule has 1 fully saturated rings. The Labute approximate surface area is 185 Å². The third-order valence-electron chi connectivity index (χ3n) is 5.02. The van der Waals surface area contributed by atoms with Crippen LogP contribution in [-0.4, -0.2) is 33.5 Å². The first-order valence-electron chi connectivity index (χ1n) is 10.2. The van der Waals surface area contributed by atoms with Gasteiger partial charge in [0.25, 0.3) is 5.24 Å². The van der Waals surface area contributed by atoms with Crippen LogP contribution in [-0.2, 0) is 27.2 Å². The number of hydrogen-bond acceptors (Lipinski definition) is 7. The summed E-state index contributed by atoms with van der Waals surface area (Å²) in [4.78, 5) is 39.2. The van der Waals surface area contributed by atoms with E-state index in [1.807, 2.05) is 43.3 Å². The summed E-state index contributed by atoms with van der Waals surface area (Å²) in [5.41, 5.74) is 2.70. The SMILES string of the molecule is CCC(=O)OC(C)c1ccc(CCOc2ccc(C[C@]3(C)SC(=O)NC3=O)cc2)nc1. The van der Waals surface area contributed by atoms with E-state index in [-0.39, 0.29) is 23.2 Å². The molecule has 0 bridgehead atoms. The minimum atomic E-state index is -0.774. The van der Waals surface area contributed by atoms with Crippen LogP contribution in [0, 0.1) is 0 Å². The monoisotopic (exact) mass is 442 g/mol. The Morgan fingerprint density at radius 3 is 2.52 bits per heavy atom. The number of nitrogens with zero attached hydrogens (tertiary/aromatic N) is 1. The highest BCUT2D eigenvalue weighted by Gasteiger charge is 2.43. The minimum Gasteiger partial charge on any atom is -0.493 e. The van der Waals surface area contributed by atoms with Crippen molar-refractivity contribution in [3.63, 3.8) is 0 Å². The number of aromatic nitrogens is 1. The Bertz CT molecular complexity index is 945. The molecule has 8 heteroatoms. The van der Waals surface area contributed by atoms with E-state index in [1.165, 1.54) is 0 Å². The van der Waals surface area contributed by atoms with Gasteiger partial charge in [-0.15, -0.1) is 0 Å². The molecule has 1 aromatic heterocycles. The van der Waals surface area contributed by atoms with E-state index >= 15 is 0 Å². The number of imide groups is 1. The van der Waals surface area contributed by atoms with Gasteiger partial charge in [0.15, 0.2) is 0 Å². The van der Waals surface area contributed by atoms with Crippen LogP contribution in [0.25, 0.3) is 0 Å². The van der Waals surface area contributed by atoms with E-state index in [0.717, 1.165) is 34.3 Å². The molecule has 1 aliphatic rings. The highest BCUT2D eigenvalue weighted by molar-refractivity contribution is 8.16. The molecule has 0 spiro atoms. The van der Waals surface area contributed by atoms with Gasteiger partial charge in [0.2, 0.25) is 5.91 Å². The lowest BCUT2D eigenvalue weighted by atomic mass is 9.99. The second-order valence-electron chi connectivity index (χ2n) is 7.56. The largest absolute Gasteiger partial charge is 0.493 e. The molecule has 2 aromatic rings. The van der Waals surface area contributed by atoms with E-state index < -0.39 is 4.75 Å². The standard InChI is InChI=1S/C23H26N2O5S/c1-4-20(26)30-15(2)17-7-8-18(24-14-17)11-12-29-19-9-5-16(6-10-19)13-23(3)21(27)25-22(28)31-23/h5-10,14-15H,4,11-13H2,1-3H3,(H,25,27,28)/t15?,23-/m0/s1. The molecule has 1 saturated heterocycles. The van der Waals surface area contributed by atoms with Gasteiger partial charge in [0.1, 0.15) is 16.6 Å². The summed E-state index contributed by atoms with van der Waals surface area (Å²) in [6, 6.07) is 11.3. The zero-order valence-corrected chi connectivity index (χ0v) is 18.7. The predicted molar refractivity (Wildman–Crippen MR) is 118 cm³/mol. The van der Waals surface area contributed by atoms with Crippen molar-refractivity contribution in [3.8, 4) is 5.75 Å². The van der Waals surface area contributed by atoms with Gasteiger partial charge < -0.3 is 9.47 Å². The molecule has 7 nitrogen and oxygen atoms in total. The van der Waals surface area contributed by atoms with E-state index in [9.17, 15) is 14.4 Å². The van der Waals surface area contributed by atoms with Crippen LogP contribution >= 0.6 is 11.8 Å². The van der Waals surface area contributed by atoms with E-state index in [0.29, 0.717) is 25.9 Å². The van der Waals surface area contributed by atoms with Crippen molar-refractivity contribution in [1.29, 1.82) is 0 Å². The molecule has 2 atom stereocenters. The summed E-state index contributed by atoms with van der Waals surface area (Å²) in [5.74, 6) is 0.244. The van der Waals surface area contributed by atoms with Crippen molar-refractivity contribution >= 4 is 28.9 Å². The van der Waals surface area contributed by atoms with Crippen LogP contribution in [0.1, 0.15) is 50.1 Å². The van der Waals surface area contributed by atoms with Gasteiger partial charge in [-0.3, -0.25) is 24.7 Å². The number of carbonyl (C=O) groups is 3. The zero-order chi connectivity index (χ0) is 22.4. The van der Waals surface area contributed by atoms with Gasteiger partial charge in [0.05, 0.1) is 6.61 Å². The van der Waals surface area contributed by atoms with Gasteiger partial charge in [-0.1, -0.05) is 25.1 Å². The fourth-order valence-corrected chi connectivity index (χ4v) is 4.09. The maximum Gasteiger partial charge on any atom is 0.306 e. The number of benzene rings is 1. The van der Waals surface area contributed by atoms with Crippen molar-refractivity contribution in [2.24, 2.45) is 0 Å². The first-order valence-corrected chi connectivity index (χ1v) is 11.0. The minimum absolute atomic E-state index is 0.233. The summed E-state index contributed by atoms with van der Waals surface area (Å²) in [6.07, 6.45) is 2.86. The second kappa shape index (κ2) is 9.96. The van der Waals surface area contributed by atoms with Gasteiger partial charge in [-0.05, 0) is 55.8 Å². The molecular weight excluding hydrogens is 416 g/mol. The van der Waals surface area contributed by atoms with Gasteiger partial charge >= 0.3 is 5.97 Å². The van der Waals surface area contributed by atoms with Gasteiger partial charge in [0, 0.05) is 30.3 Å². The summed E-state index contributed by atoms with van der Waals surface area (Å²) in [7, 11) is 0. The summed E-state index contributed by atoms with van der Waals surface area (Å²) >= 11 is 1.03. The van der Waals surface area contributed by atoms with Crippen LogP contribution in [0.15, 0.2) is 42.6 Å². The van der Waals surface area contributed by atoms with E-state index in [4.69, 9.17) is 9.47 Å². The average Bonchev–Trinajstić information content (AvgIpc) is 3.00. The van der Waals surface area contributed by atoms with Crippen molar-refractivity contribution in [2.45, 2.75) is 50.9 Å². The van der Waals surface area contributed by atoms with Crippen molar-refractivity contribution in [1.82, 2.24) is 10.3 Å². The number of hydrogen-bond donors (Lipinski definition) is 1. The van der Waals surface area contributed by atoms with Gasteiger partial charge in [-0.2, -0.15) is 0 Å². The number of thioether (sulfide) groups is 1. The number of nitrogens with one attached hydrogen (secondary N) is 1. The van der Waals surface area contributed by atoms with E-state index in [2.05, 4.69) is 10.3 Å². The average molecular weight is 443 g/mol. The van der Waals surface area contributed by atoms with Crippen molar-refractivity contribution in [2.75, 3.05) is 6.61 Å². The molecule has 2 heterocycles. The van der Waals surface area contributed by atoms with Crippen LogP contribution in [0.3, 0.4) is 0 Å².